The molecule has 2 rings (SSSR count). The Kier molecular flexibility index (Phi) is 4.00. The van der Waals surface area contributed by atoms with Gasteiger partial charge in [-0.2, -0.15) is 0 Å². The molecule has 2 aromatic carbocycles. The molecule has 3 heteroatoms. The van der Waals surface area contributed by atoms with Crippen molar-refractivity contribution in [2.24, 2.45) is 5.73 Å². The highest BCUT2D eigenvalue weighted by molar-refractivity contribution is 6.30. The van der Waals surface area contributed by atoms with E-state index in [1.807, 2.05) is 37.3 Å². The summed E-state index contributed by atoms with van der Waals surface area (Å²) < 4.78 is 13.3. The molecule has 18 heavy (non-hydrogen) atoms. The first kappa shape index (κ1) is 13.1. The summed E-state index contributed by atoms with van der Waals surface area (Å²) in [6.07, 6.45) is 0.642. The number of hydrogen-bond donors (Lipinski definition) is 1. The second-order valence-electron chi connectivity index (χ2n) is 4.50. The highest BCUT2D eigenvalue weighted by Gasteiger charge is 2.09. The van der Waals surface area contributed by atoms with Gasteiger partial charge in [-0.3, -0.25) is 0 Å². The summed E-state index contributed by atoms with van der Waals surface area (Å²) in [4.78, 5) is 0. The van der Waals surface area contributed by atoms with Crippen LogP contribution in [0.3, 0.4) is 0 Å². The zero-order chi connectivity index (χ0) is 13.1. The predicted octanol–water partition coefficient (Wildman–Crippen LogP) is 4.03. The quantitative estimate of drug-likeness (QED) is 0.889. The van der Waals surface area contributed by atoms with Crippen LogP contribution in [0.1, 0.15) is 22.7 Å². The maximum Gasteiger partial charge on any atom is 0.123 e. The summed E-state index contributed by atoms with van der Waals surface area (Å²) in [6, 6.07) is 12.2. The third-order valence-corrected chi connectivity index (χ3v) is 3.07. The van der Waals surface area contributed by atoms with E-state index in [2.05, 4.69) is 0 Å². The second kappa shape index (κ2) is 5.51. The minimum Gasteiger partial charge on any atom is -0.324 e. The van der Waals surface area contributed by atoms with Gasteiger partial charge in [0.1, 0.15) is 5.82 Å². The van der Waals surface area contributed by atoms with Gasteiger partial charge >= 0.3 is 0 Å². The van der Waals surface area contributed by atoms with Crippen LogP contribution in [0.15, 0.2) is 42.5 Å². The molecule has 0 spiro atoms. The Labute approximate surface area is 111 Å². The lowest BCUT2D eigenvalue weighted by molar-refractivity contribution is 0.617. The average Bonchev–Trinajstić information content (AvgIpc) is 2.27. The van der Waals surface area contributed by atoms with E-state index in [0.29, 0.717) is 11.4 Å². The van der Waals surface area contributed by atoms with Gasteiger partial charge in [0, 0.05) is 11.1 Å². The van der Waals surface area contributed by atoms with Crippen LogP contribution in [0.2, 0.25) is 5.02 Å². The molecule has 0 radical (unpaired) electrons. The molecular formula is C15H15ClFN. The largest absolute Gasteiger partial charge is 0.324 e. The van der Waals surface area contributed by atoms with E-state index in [1.165, 1.54) is 12.1 Å². The Morgan fingerprint density at radius 2 is 2.00 bits per heavy atom. The van der Waals surface area contributed by atoms with E-state index in [4.69, 9.17) is 17.3 Å². The number of nitrogens with two attached hydrogens (primary N) is 1. The van der Waals surface area contributed by atoms with Crippen molar-refractivity contribution in [3.05, 3.63) is 70.0 Å². The van der Waals surface area contributed by atoms with Crippen LogP contribution in [0, 0.1) is 12.7 Å². The molecule has 2 N–H and O–H groups in total. The van der Waals surface area contributed by atoms with Gasteiger partial charge in [-0.05, 0) is 54.3 Å². The molecule has 2 aromatic rings. The fourth-order valence-corrected chi connectivity index (χ4v) is 2.23. The van der Waals surface area contributed by atoms with Crippen molar-refractivity contribution >= 4 is 11.6 Å². The van der Waals surface area contributed by atoms with E-state index < -0.39 is 0 Å². The smallest absolute Gasteiger partial charge is 0.123 e. The van der Waals surface area contributed by atoms with Crippen LogP contribution in [-0.2, 0) is 6.42 Å². The minimum absolute atomic E-state index is 0.224. The molecule has 0 fully saturated rings. The van der Waals surface area contributed by atoms with Crippen molar-refractivity contribution in [1.29, 1.82) is 0 Å². The maximum atomic E-state index is 13.3. The molecule has 1 nitrogen and oxygen atoms in total. The monoisotopic (exact) mass is 263 g/mol. The van der Waals surface area contributed by atoms with Gasteiger partial charge in [-0.25, -0.2) is 4.39 Å². The minimum atomic E-state index is -0.244. The second-order valence-corrected chi connectivity index (χ2v) is 4.94. The van der Waals surface area contributed by atoms with E-state index in [-0.39, 0.29) is 11.9 Å². The first-order valence-electron chi connectivity index (χ1n) is 5.82. The maximum absolute atomic E-state index is 13.3. The molecule has 0 aliphatic carbocycles. The highest BCUT2D eigenvalue weighted by Crippen LogP contribution is 2.20. The molecule has 0 aliphatic heterocycles. The van der Waals surface area contributed by atoms with E-state index >= 15 is 0 Å². The van der Waals surface area contributed by atoms with Gasteiger partial charge in [-0.1, -0.05) is 29.8 Å². The van der Waals surface area contributed by atoms with Crippen LogP contribution >= 0.6 is 11.6 Å². The Hall–Kier alpha value is -1.38. The van der Waals surface area contributed by atoms with Crippen molar-refractivity contribution in [3.63, 3.8) is 0 Å². The molecule has 0 heterocycles. The number of aryl methyl sites for hydroxylation is 1. The van der Waals surface area contributed by atoms with Crippen molar-refractivity contribution in [3.8, 4) is 0 Å². The molecule has 0 saturated heterocycles. The van der Waals surface area contributed by atoms with Gasteiger partial charge < -0.3 is 5.73 Å². The topological polar surface area (TPSA) is 26.0 Å². The van der Waals surface area contributed by atoms with Gasteiger partial charge in [-0.15, -0.1) is 0 Å². The van der Waals surface area contributed by atoms with Gasteiger partial charge in [0.25, 0.3) is 0 Å². The van der Waals surface area contributed by atoms with Crippen LogP contribution in [-0.4, -0.2) is 0 Å². The third kappa shape index (κ3) is 3.31. The third-order valence-electron chi connectivity index (χ3n) is 2.84. The molecule has 94 valence electrons. The predicted molar refractivity (Wildman–Crippen MR) is 73.2 cm³/mol. The van der Waals surface area contributed by atoms with Crippen molar-refractivity contribution in [2.45, 2.75) is 19.4 Å². The summed E-state index contributed by atoms with van der Waals surface area (Å²) in [6.45, 7) is 1.86. The Morgan fingerprint density at radius 1 is 1.22 bits per heavy atom. The van der Waals surface area contributed by atoms with Crippen LogP contribution in [0.5, 0.6) is 0 Å². The molecule has 0 amide bonds. The van der Waals surface area contributed by atoms with Gasteiger partial charge in [0.05, 0.1) is 0 Å². The molecule has 0 saturated carbocycles. The summed E-state index contributed by atoms with van der Waals surface area (Å²) in [5, 5.41) is 0.690. The average molecular weight is 264 g/mol. The lowest BCUT2D eigenvalue weighted by Gasteiger charge is -2.13. The lowest BCUT2D eigenvalue weighted by atomic mass is 9.98. The van der Waals surface area contributed by atoms with Crippen molar-refractivity contribution < 1.29 is 4.39 Å². The zero-order valence-electron chi connectivity index (χ0n) is 10.2. The highest BCUT2D eigenvalue weighted by atomic mass is 35.5. The van der Waals surface area contributed by atoms with Gasteiger partial charge in [0.15, 0.2) is 0 Å². The Balaban J connectivity index is 2.19. The van der Waals surface area contributed by atoms with E-state index in [0.717, 1.165) is 16.7 Å². The Bertz CT molecular complexity index is 534. The first-order chi connectivity index (χ1) is 8.54. The number of rotatable bonds is 3. The van der Waals surface area contributed by atoms with E-state index in [1.54, 1.807) is 0 Å². The summed E-state index contributed by atoms with van der Waals surface area (Å²) in [7, 11) is 0. The number of halogens is 2. The van der Waals surface area contributed by atoms with Crippen molar-refractivity contribution in [1.82, 2.24) is 0 Å². The standard InChI is InChI=1S/C15H15ClFN/c1-10-5-12(9-14(17)6-10)15(18)8-11-3-2-4-13(16)7-11/h2-7,9,15H,8,18H2,1H3. The molecule has 0 bridgehead atoms. The normalized spacial score (nSPS) is 12.4. The fraction of sp³-hybridized carbons (Fsp3) is 0.200. The lowest BCUT2D eigenvalue weighted by Crippen LogP contribution is -2.13. The fourth-order valence-electron chi connectivity index (χ4n) is 2.01. The van der Waals surface area contributed by atoms with E-state index in [9.17, 15) is 4.39 Å². The molecular weight excluding hydrogens is 249 g/mol. The van der Waals surface area contributed by atoms with Crippen molar-refractivity contribution in [2.75, 3.05) is 0 Å². The summed E-state index contributed by atoms with van der Waals surface area (Å²) in [5.41, 5.74) is 8.85. The number of hydrogen-bond acceptors (Lipinski definition) is 1. The zero-order valence-corrected chi connectivity index (χ0v) is 10.9. The van der Waals surface area contributed by atoms with Crippen LogP contribution < -0.4 is 5.73 Å². The summed E-state index contributed by atoms with van der Waals surface area (Å²) >= 11 is 5.92. The summed E-state index contributed by atoms with van der Waals surface area (Å²) in [5.74, 6) is -0.244. The van der Waals surface area contributed by atoms with Crippen LogP contribution in [0.4, 0.5) is 4.39 Å². The molecule has 0 aromatic heterocycles. The molecule has 0 aliphatic rings. The van der Waals surface area contributed by atoms with Gasteiger partial charge in [0.2, 0.25) is 0 Å². The molecule has 1 atom stereocenters. The Morgan fingerprint density at radius 3 is 2.67 bits per heavy atom. The molecule has 1 unspecified atom stereocenters. The van der Waals surface area contributed by atoms with Crippen LogP contribution in [0.25, 0.3) is 0 Å². The number of benzene rings is 2. The SMILES string of the molecule is Cc1cc(F)cc(C(N)Cc2cccc(Cl)c2)c1. The first-order valence-corrected chi connectivity index (χ1v) is 6.19.